The Bertz CT molecular complexity index is 595. The lowest BCUT2D eigenvalue weighted by atomic mass is 9.76. The molecule has 0 spiro atoms. The van der Waals surface area contributed by atoms with Crippen LogP contribution in [0, 0.1) is 28.1 Å². The molecular weight excluding hydrogens is 258 g/mol. The maximum atomic E-state index is 9.21. The van der Waals surface area contributed by atoms with Crippen molar-refractivity contribution in [3.05, 3.63) is 35.4 Å². The minimum Gasteiger partial charge on any atom is -0.305 e. The largest absolute Gasteiger partial charge is 0.305 e. The summed E-state index contributed by atoms with van der Waals surface area (Å²) in [6.07, 6.45) is 7.07. The van der Waals surface area contributed by atoms with Crippen molar-refractivity contribution in [2.75, 3.05) is 7.05 Å². The van der Waals surface area contributed by atoms with Gasteiger partial charge in [-0.2, -0.15) is 10.5 Å². The summed E-state index contributed by atoms with van der Waals surface area (Å²) < 4.78 is 0. The highest BCUT2D eigenvalue weighted by Crippen LogP contribution is 2.63. The molecule has 3 heteroatoms. The average Bonchev–Trinajstić information content (AvgIpc) is 3.10. The molecule has 0 aliphatic heterocycles. The summed E-state index contributed by atoms with van der Waals surface area (Å²) in [6, 6.07) is 12.7. The van der Waals surface area contributed by atoms with Crippen molar-refractivity contribution >= 4 is 0 Å². The molecule has 1 atom stereocenters. The molecule has 1 N–H and O–H groups in total. The van der Waals surface area contributed by atoms with Crippen LogP contribution in [0.15, 0.2) is 24.3 Å². The van der Waals surface area contributed by atoms with E-state index in [1.165, 1.54) is 37.7 Å². The van der Waals surface area contributed by atoms with Crippen LogP contribution in [-0.4, -0.2) is 13.1 Å². The van der Waals surface area contributed by atoms with Crippen LogP contribution in [0.2, 0.25) is 0 Å². The summed E-state index contributed by atoms with van der Waals surface area (Å²) >= 11 is 0. The van der Waals surface area contributed by atoms with Crippen LogP contribution in [0.3, 0.4) is 0 Å². The van der Waals surface area contributed by atoms with Gasteiger partial charge in [0, 0.05) is 0 Å². The van der Waals surface area contributed by atoms with Gasteiger partial charge in [0.15, 0.2) is 0 Å². The van der Waals surface area contributed by atoms with Gasteiger partial charge in [0.1, 0.15) is 0 Å². The van der Waals surface area contributed by atoms with Crippen LogP contribution in [0.1, 0.15) is 49.7 Å². The lowest BCUT2D eigenvalue weighted by molar-refractivity contribution is 0.253. The molecule has 1 unspecified atom stereocenters. The maximum absolute atomic E-state index is 9.21. The Kier molecular flexibility index (Phi) is 3.47. The van der Waals surface area contributed by atoms with Crippen LogP contribution in [0.5, 0.6) is 0 Å². The van der Waals surface area contributed by atoms with Crippen molar-refractivity contribution in [2.45, 2.75) is 50.0 Å². The van der Waals surface area contributed by atoms with Gasteiger partial charge < -0.3 is 5.32 Å². The summed E-state index contributed by atoms with van der Waals surface area (Å²) in [6.45, 7) is 0. The summed E-state index contributed by atoms with van der Waals surface area (Å²) in [5.74, 6) is 0. The van der Waals surface area contributed by atoms with E-state index in [2.05, 4.69) is 29.6 Å². The van der Waals surface area contributed by atoms with E-state index >= 15 is 0 Å². The molecule has 2 bridgehead atoms. The Morgan fingerprint density at radius 1 is 1.14 bits per heavy atom. The van der Waals surface area contributed by atoms with Gasteiger partial charge >= 0.3 is 0 Å². The zero-order chi connectivity index (χ0) is 14.9. The Morgan fingerprint density at radius 3 is 2.33 bits per heavy atom. The molecule has 1 aromatic carbocycles. The predicted octanol–water partition coefficient (Wildman–Crippen LogP) is 3.26. The van der Waals surface area contributed by atoms with Crippen molar-refractivity contribution in [2.24, 2.45) is 5.41 Å². The van der Waals surface area contributed by atoms with Crippen molar-refractivity contribution in [3.63, 3.8) is 0 Å². The number of fused-ring (bicyclic) bond motifs is 2. The quantitative estimate of drug-likeness (QED) is 0.920. The van der Waals surface area contributed by atoms with Gasteiger partial charge in [-0.05, 0) is 74.1 Å². The normalized spacial score (nSPS) is 31.6. The SMILES string of the molecule is CNC(C#N)CC12CCC(c3ccc(C#N)cc3)(CC1)C2. The number of rotatable bonds is 4. The minimum atomic E-state index is -0.0279. The Labute approximate surface area is 126 Å². The first kappa shape index (κ1) is 14.1. The molecule has 0 saturated heterocycles. The van der Waals surface area contributed by atoms with Crippen molar-refractivity contribution in [1.29, 1.82) is 10.5 Å². The number of nitriles is 2. The zero-order valence-corrected chi connectivity index (χ0v) is 12.5. The fourth-order valence-electron chi connectivity index (χ4n) is 4.54. The number of hydrogen-bond acceptors (Lipinski definition) is 3. The molecule has 0 heterocycles. The van der Waals surface area contributed by atoms with E-state index in [9.17, 15) is 5.26 Å². The smallest absolute Gasteiger partial charge is 0.0991 e. The molecule has 2 aliphatic carbocycles. The van der Waals surface area contributed by atoms with Crippen LogP contribution in [-0.2, 0) is 5.41 Å². The molecule has 108 valence electrons. The van der Waals surface area contributed by atoms with Gasteiger partial charge in [0.2, 0.25) is 0 Å². The second-order valence-corrected chi connectivity index (χ2v) is 6.82. The Morgan fingerprint density at radius 2 is 1.81 bits per heavy atom. The van der Waals surface area contributed by atoms with Crippen LogP contribution in [0.25, 0.3) is 0 Å². The van der Waals surface area contributed by atoms with Gasteiger partial charge in [-0.25, -0.2) is 0 Å². The topological polar surface area (TPSA) is 59.6 Å². The van der Waals surface area contributed by atoms with Crippen molar-refractivity contribution < 1.29 is 0 Å². The van der Waals surface area contributed by atoms with E-state index in [0.29, 0.717) is 10.8 Å². The fourth-order valence-corrected chi connectivity index (χ4v) is 4.54. The second-order valence-electron chi connectivity index (χ2n) is 6.82. The number of benzene rings is 1. The molecule has 2 saturated carbocycles. The highest BCUT2D eigenvalue weighted by atomic mass is 14.9. The van der Waals surface area contributed by atoms with E-state index in [4.69, 9.17) is 5.26 Å². The first-order valence-corrected chi connectivity index (χ1v) is 7.73. The summed E-state index contributed by atoms with van der Waals surface area (Å²) in [7, 11) is 1.88. The second kappa shape index (κ2) is 5.17. The van der Waals surface area contributed by atoms with E-state index in [-0.39, 0.29) is 6.04 Å². The molecule has 2 aliphatic rings. The van der Waals surface area contributed by atoms with Gasteiger partial charge in [-0.1, -0.05) is 12.1 Å². The summed E-state index contributed by atoms with van der Waals surface area (Å²) in [4.78, 5) is 0. The van der Waals surface area contributed by atoms with Crippen LogP contribution >= 0.6 is 0 Å². The van der Waals surface area contributed by atoms with Crippen molar-refractivity contribution in [3.8, 4) is 12.1 Å². The fraction of sp³-hybridized carbons (Fsp3) is 0.556. The van der Waals surface area contributed by atoms with Gasteiger partial charge in [-0.3, -0.25) is 0 Å². The summed E-state index contributed by atoms with van der Waals surface area (Å²) in [5.41, 5.74) is 2.76. The lowest BCUT2D eigenvalue weighted by Gasteiger charge is -2.29. The Hall–Kier alpha value is -1.84. The number of nitrogens with zero attached hydrogens (tertiary/aromatic N) is 2. The monoisotopic (exact) mass is 279 g/mol. The molecule has 3 rings (SSSR count). The zero-order valence-electron chi connectivity index (χ0n) is 12.5. The number of hydrogen-bond donors (Lipinski definition) is 1. The molecule has 3 nitrogen and oxygen atoms in total. The first-order chi connectivity index (χ1) is 10.2. The number of nitrogens with one attached hydrogen (secondary N) is 1. The molecule has 2 fully saturated rings. The third-order valence-electron chi connectivity index (χ3n) is 5.75. The van der Waals surface area contributed by atoms with Crippen LogP contribution < -0.4 is 5.32 Å². The lowest BCUT2D eigenvalue weighted by Crippen LogP contribution is -2.30. The molecule has 1 aromatic rings. The third kappa shape index (κ3) is 2.33. The highest BCUT2D eigenvalue weighted by Gasteiger charge is 2.55. The molecule has 21 heavy (non-hydrogen) atoms. The average molecular weight is 279 g/mol. The van der Waals surface area contributed by atoms with E-state index in [0.717, 1.165) is 12.0 Å². The first-order valence-electron chi connectivity index (χ1n) is 7.73. The van der Waals surface area contributed by atoms with Crippen LogP contribution in [0.4, 0.5) is 0 Å². The molecule has 0 amide bonds. The van der Waals surface area contributed by atoms with Gasteiger partial charge in [0.25, 0.3) is 0 Å². The predicted molar refractivity (Wildman–Crippen MR) is 81.4 cm³/mol. The van der Waals surface area contributed by atoms with Gasteiger partial charge in [-0.15, -0.1) is 0 Å². The highest BCUT2D eigenvalue weighted by molar-refractivity contribution is 5.37. The van der Waals surface area contributed by atoms with E-state index in [1.54, 1.807) is 0 Å². The standard InChI is InChI=1S/C18H21N3/c1-21-16(12-20)10-17-6-8-18(13-17,9-7-17)15-4-2-14(11-19)3-5-15/h2-5,16,21H,6-10,13H2,1H3. The third-order valence-corrected chi connectivity index (χ3v) is 5.75. The minimum absolute atomic E-state index is 0.0279. The molecule has 0 aromatic heterocycles. The maximum Gasteiger partial charge on any atom is 0.0991 e. The summed E-state index contributed by atoms with van der Waals surface area (Å²) in [5, 5.41) is 21.3. The van der Waals surface area contributed by atoms with Crippen molar-refractivity contribution in [1.82, 2.24) is 5.32 Å². The van der Waals surface area contributed by atoms with E-state index in [1.807, 2.05) is 19.2 Å². The van der Waals surface area contributed by atoms with Gasteiger partial charge in [0.05, 0.1) is 23.7 Å². The molecular formula is C18H21N3. The molecule has 0 radical (unpaired) electrons. The Balaban J connectivity index is 1.80. The van der Waals surface area contributed by atoms with E-state index < -0.39 is 0 Å².